The Hall–Kier alpha value is -0.820. The van der Waals surface area contributed by atoms with Gasteiger partial charge >= 0.3 is 0 Å². The lowest BCUT2D eigenvalue weighted by molar-refractivity contribution is -0.136. The molecule has 1 N–H and O–H groups in total. The second-order valence-corrected chi connectivity index (χ2v) is 5.41. The van der Waals surface area contributed by atoms with Crippen LogP contribution in [0.1, 0.15) is 6.42 Å². The van der Waals surface area contributed by atoms with Crippen LogP contribution >= 0.6 is 34.2 Å². The number of anilines is 1. The van der Waals surface area contributed by atoms with Crippen molar-refractivity contribution in [1.29, 1.82) is 0 Å². The number of carbonyl (C=O) groups is 2. The number of halogens is 2. The van der Waals surface area contributed by atoms with Gasteiger partial charge in [-0.2, -0.15) is 0 Å². The molecule has 1 unspecified atom stereocenters. The summed E-state index contributed by atoms with van der Waals surface area (Å²) < 4.78 is 0.921. The van der Waals surface area contributed by atoms with Crippen molar-refractivity contribution >= 4 is 51.7 Å². The second-order valence-electron chi connectivity index (χ2n) is 3.82. The fourth-order valence-electron chi connectivity index (χ4n) is 1.66. The quantitative estimate of drug-likeness (QED) is 0.646. The van der Waals surface area contributed by atoms with Crippen molar-refractivity contribution in [1.82, 2.24) is 4.90 Å². The van der Waals surface area contributed by atoms with Crippen molar-refractivity contribution in [3.8, 4) is 0 Å². The minimum atomic E-state index is -0.470. The van der Waals surface area contributed by atoms with Gasteiger partial charge in [-0.15, -0.1) is 0 Å². The standard InChI is InChI=1S/C11H10ClIN2O2/c1-15-10(16)5-9(11(15)17)14-8-3-2-6(12)4-7(8)13/h2-4,9,14H,5H2,1H3. The molecule has 90 valence electrons. The smallest absolute Gasteiger partial charge is 0.251 e. The van der Waals surface area contributed by atoms with Gasteiger partial charge in [0.15, 0.2) is 0 Å². The highest BCUT2D eigenvalue weighted by Gasteiger charge is 2.36. The maximum absolute atomic E-state index is 11.7. The molecule has 1 aromatic carbocycles. The Balaban J connectivity index is 2.17. The van der Waals surface area contributed by atoms with Crippen molar-refractivity contribution in [2.75, 3.05) is 12.4 Å². The molecule has 0 radical (unpaired) electrons. The molecule has 1 aliphatic rings. The molecular formula is C11H10ClIN2O2. The highest BCUT2D eigenvalue weighted by Crippen LogP contribution is 2.25. The van der Waals surface area contributed by atoms with Gasteiger partial charge < -0.3 is 5.32 Å². The van der Waals surface area contributed by atoms with Gasteiger partial charge in [-0.25, -0.2) is 0 Å². The van der Waals surface area contributed by atoms with E-state index in [2.05, 4.69) is 27.9 Å². The van der Waals surface area contributed by atoms with Crippen LogP contribution in [0.15, 0.2) is 18.2 Å². The first-order valence-corrected chi connectivity index (χ1v) is 6.46. The maximum atomic E-state index is 11.7. The Bertz CT molecular complexity index is 492. The molecule has 1 heterocycles. The average Bonchev–Trinajstić information content (AvgIpc) is 2.50. The van der Waals surface area contributed by atoms with E-state index in [1.807, 2.05) is 0 Å². The van der Waals surface area contributed by atoms with Crippen molar-refractivity contribution in [2.24, 2.45) is 0 Å². The van der Waals surface area contributed by atoms with Crippen LogP contribution in [0, 0.1) is 3.57 Å². The number of likely N-dealkylation sites (N-methyl/N-ethyl adjacent to an activating group) is 1. The van der Waals surface area contributed by atoms with Crippen LogP contribution in [0.4, 0.5) is 5.69 Å². The van der Waals surface area contributed by atoms with Crippen molar-refractivity contribution in [3.05, 3.63) is 26.8 Å². The number of rotatable bonds is 2. The predicted molar refractivity (Wildman–Crippen MR) is 74.0 cm³/mol. The van der Waals surface area contributed by atoms with E-state index >= 15 is 0 Å². The van der Waals surface area contributed by atoms with Crippen molar-refractivity contribution in [3.63, 3.8) is 0 Å². The normalized spacial score (nSPS) is 19.9. The SMILES string of the molecule is CN1C(=O)CC(Nc2ccc(Cl)cc2I)C1=O. The summed E-state index contributed by atoms with van der Waals surface area (Å²) in [5, 5.41) is 3.71. The molecule has 2 rings (SSSR count). The first kappa shape index (κ1) is 12.6. The molecule has 1 saturated heterocycles. The van der Waals surface area contributed by atoms with Gasteiger partial charge in [-0.3, -0.25) is 14.5 Å². The number of imide groups is 1. The summed E-state index contributed by atoms with van der Waals surface area (Å²) in [6.45, 7) is 0. The molecule has 2 amide bonds. The summed E-state index contributed by atoms with van der Waals surface area (Å²) >= 11 is 7.98. The Labute approximate surface area is 117 Å². The summed E-state index contributed by atoms with van der Waals surface area (Å²) in [4.78, 5) is 24.2. The first-order valence-electron chi connectivity index (χ1n) is 5.01. The number of nitrogens with zero attached hydrogens (tertiary/aromatic N) is 1. The number of likely N-dealkylation sites (tertiary alicyclic amines) is 1. The Morgan fingerprint density at radius 2 is 2.18 bits per heavy atom. The molecular weight excluding hydrogens is 354 g/mol. The molecule has 0 spiro atoms. The summed E-state index contributed by atoms with van der Waals surface area (Å²) in [6.07, 6.45) is 0.202. The summed E-state index contributed by atoms with van der Waals surface area (Å²) in [7, 11) is 1.50. The predicted octanol–water partition coefficient (Wildman–Crippen LogP) is 2.11. The first-order chi connectivity index (χ1) is 7.99. The molecule has 0 saturated carbocycles. The summed E-state index contributed by atoms with van der Waals surface area (Å²) in [5.41, 5.74) is 0.816. The summed E-state index contributed by atoms with van der Waals surface area (Å²) in [6, 6.07) is 4.88. The van der Waals surface area contributed by atoms with Gasteiger partial charge in [0.05, 0.1) is 6.42 Å². The fraction of sp³-hybridized carbons (Fsp3) is 0.273. The minimum absolute atomic E-state index is 0.156. The van der Waals surface area contributed by atoms with E-state index in [0.29, 0.717) is 5.02 Å². The molecule has 4 nitrogen and oxygen atoms in total. The summed E-state index contributed by atoms with van der Waals surface area (Å²) in [5.74, 6) is -0.350. The van der Waals surface area contributed by atoms with Crippen LogP contribution in [-0.4, -0.2) is 29.8 Å². The Morgan fingerprint density at radius 3 is 2.71 bits per heavy atom. The van der Waals surface area contributed by atoms with Crippen LogP contribution in [0.3, 0.4) is 0 Å². The van der Waals surface area contributed by atoms with E-state index in [-0.39, 0.29) is 18.2 Å². The molecule has 0 aromatic heterocycles. The maximum Gasteiger partial charge on any atom is 0.251 e. The number of hydrogen-bond acceptors (Lipinski definition) is 3. The molecule has 0 aliphatic carbocycles. The number of carbonyl (C=O) groups excluding carboxylic acids is 2. The number of hydrogen-bond donors (Lipinski definition) is 1. The molecule has 0 bridgehead atoms. The molecule has 6 heteroatoms. The van der Waals surface area contributed by atoms with Crippen LogP contribution < -0.4 is 5.32 Å². The minimum Gasteiger partial charge on any atom is -0.372 e. The third kappa shape index (κ3) is 2.55. The van der Waals surface area contributed by atoms with Gasteiger partial charge in [-0.05, 0) is 40.8 Å². The van der Waals surface area contributed by atoms with Crippen molar-refractivity contribution < 1.29 is 9.59 Å². The molecule has 1 aromatic rings. The monoisotopic (exact) mass is 364 g/mol. The third-order valence-electron chi connectivity index (χ3n) is 2.64. The Kier molecular flexibility index (Phi) is 3.58. The third-order valence-corrected chi connectivity index (χ3v) is 3.77. The number of benzene rings is 1. The van der Waals surface area contributed by atoms with E-state index in [0.717, 1.165) is 14.2 Å². The molecule has 1 aliphatic heterocycles. The number of amides is 2. The van der Waals surface area contributed by atoms with Crippen LogP contribution in [0.2, 0.25) is 5.02 Å². The van der Waals surface area contributed by atoms with Crippen LogP contribution in [0.25, 0.3) is 0 Å². The van der Waals surface area contributed by atoms with Gasteiger partial charge in [0.25, 0.3) is 5.91 Å². The Morgan fingerprint density at radius 1 is 1.47 bits per heavy atom. The van der Waals surface area contributed by atoms with E-state index < -0.39 is 6.04 Å². The molecule has 1 fully saturated rings. The van der Waals surface area contributed by atoms with Crippen molar-refractivity contribution in [2.45, 2.75) is 12.5 Å². The zero-order chi connectivity index (χ0) is 12.6. The topological polar surface area (TPSA) is 49.4 Å². The van der Waals surface area contributed by atoms with E-state index in [1.54, 1.807) is 18.2 Å². The van der Waals surface area contributed by atoms with E-state index in [1.165, 1.54) is 7.05 Å². The van der Waals surface area contributed by atoms with Crippen LogP contribution in [-0.2, 0) is 9.59 Å². The van der Waals surface area contributed by atoms with Gasteiger partial charge in [0, 0.05) is 21.3 Å². The lowest BCUT2D eigenvalue weighted by atomic mass is 10.2. The largest absolute Gasteiger partial charge is 0.372 e. The molecule has 17 heavy (non-hydrogen) atoms. The second kappa shape index (κ2) is 4.81. The highest BCUT2D eigenvalue weighted by molar-refractivity contribution is 14.1. The fourth-order valence-corrected chi connectivity index (χ4v) is 2.69. The average molecular weight is 365 g/mol. The lowest BCUT2D eigenvalue weighted by Gasteiger charge is -2.13. The van der Waals surface area contributed by atoms with E-state index in [9.17, 15) is 9.59 Å². The van der Waals surface area contributed by atoms with Gasteiger partial charge in [-0.1, -0.05) is 11.6 Å². The van der Waals surface area contributed by atoms with E-state index in [4.69, 9.17) is 11.6 Å². The zero-order valence-corrected chi connectivity index (χ0v) is 11.9. The molecule has 1 atom stereocenters. The lowest BCUT2D eigenvalue weighted by Crippen LogP contribution is -2.31. The number of nitrogens with one attached hydrogen (secondary N) is 1. The highest BCUT2D eigenvalue weighted by atomic mass is 127. The van der Waals surface area contributed by atoms with Gasteiger partial charge in [0.2, 0.25) is 5.91 Å². The zero-order valence-electron chi connectivity index (χ0n) is 9.04. The van der Waals surface area contributed by atoms with Gasteiger partial charge in [0.1, 0.15) is 6.04 Å². The van der Waals surface area contributed by atoms with Crippen LogP contribution in [0.5, 0.6) is 0 Å².